The number of hydrogen-bond donors (Lipinski definition) is 2. The number of carbonyl (C=O) groups is 1. The van der Waals surface area contributed by atoms with Crippen molar-refractivity contribution in [1.82, 2.24) is 5.32 Å². The number of carboxylic acids is 1. The molecule has 2 rings (SSSR count). The minimum Gasteiger partial charge on any atom is -0.481 e. The van der Waals surface area contributed by atoms with Crippen molar-refractivity contribution >= 4 is 5.97 Å². The Hall–Kier alpha value is -1.86. The van der Waals surface area contributed by atoms with Crippen molar-refractivity contribution in [3.8, 4) is 6.07 Å². The molecule has 0 aromatic heterocycles. The Bertz CT molecular complexity index is 453. The molecule has 88 valence electrons. The van der Waals surface area contributed by atoms with Gasteiger partial charge in [0.15, 0.2) is 0 Å². The molecule has 1 fully saturated rings. The molecular formula is C13H14N2O2. The average Bonchev–Trinajstić information content (AvgIpc) is 2.39. The van der Waals surface area contributed by atoms with Crippen molar-refractivity contribution in [1.29, 1.82) is 5.26 Å². The highest BCUT2D eigenvalue weighted by Crippen LogP contribution is 2.31. The van der Waals surface area contributed by atoms with E-state index in [1.165, 1.54) is 0 Å². The van der Waals surface area contributed by atoms with Crippen molar-refractivity contribution in [2.45, 2.75) is 18.3 Å². The van der Waals surface area contributed by atoms with E-state index in [0.29, 0.717) is 18.5 Å². The van der Waals surface area contributed by atoms with Crippen LogP contribution in [-0.4, -0.2) is 24.2 Å². The van der Waals surface area contributed by atoms with Gasteiger partial charge in [-0.3, -0.25) is 4.79 Å². The van der Waals surface area contributed by atoms with Gasteiger partial charge in [0.1, 0.15) is 5.41 Å². The maximum absolute atomic E-state index is 11.5. The Balaban J connectivity index is 2.38. The molecule has 4 nitrogen and oxygen atoms in total. The summed E-state index contributed by atoms with van der Waals surface area (Å²) < 4.78 is 0. The summed E-state index contributed by atoms with van der Waals surface area (Å²) in [5.74, 6) is -0.797. The first-order valence-electron chi connectivity index (χ1n) is 5.64. The van der Waals surface area contributed by atoms with Gasteiger partial charge in [0, 0.05) is 6.54 Å². The van der Waals surface area contributed by atoms with E-state index in [0.717, 1.165) is 18.5 Å². The minimum atomic E-state index is -0.841. The normalized spacial score (nSPS) is 23.9. The van der Waals surface area contributed by atoms with Crippen LogP contribution in [0.1, 0.15) is 24.0 Å². The predicted octanol–water partition coefficient (Wildman–Crippen LogP) is 1.26. The summed E-state index contributed by atoms with van der Waals surface area (Å²) in [7, 11) is 0. The zero-order valence-corrected chi connectivity index (χ0v) is 9.44. The number of aliphatic carboxylic acids is 1. The SMILES string of the molecule is N#Cc1ccc(C2(C(=O)O)CCCNC2)cc1. The molecule has 1 unspecified atom stereocenters. The second kappa shape index (κ2) is 4.56. The van der Waals surface area contributed by atoms with Gasteiger partial charge in [-0.05, 0) is 37.1 Å². The average molecular weight is 230 g/mol. The minimum absolute atomic E-state index is 0.453. The van der Waals surface area contributed by atoms with Gasteiger partial charge in [0.05, 0.1) is 11.6 Å². The molecule has 0 amide bonds. The van der Waals surface area contributed by atoms with Crippen molar-refractivity contribution in [3.63, 3.8) is 0 Å². The second-order valence-electron chi connectivity index (χ2n) is 4.36. The lowest BCUT2D eigenvalue weighted by Crippen LogP contribution is -2.49. The van der Waals surface area contributed by atoms with Crippen molar-refractivity contribution in [2.24, 2.45) is 0 Å². The van der Waals surface area contributed by atoms with Gasteiger partial charge in [-0.1, -0.05) is 12.1 Å². The van der Waals surface area contributed by atoms with Crippen molar-refractivity contribution in [3.05, 3.63) is 35.4 Å². The van der Waals surface area contributed by atoms with Crippen LogP contribution in [0.25, 0.3) is 0 Å². The molecule has 1 aliphatic rings. The lowest BCUT2D eigenvalue weighted by atomic mass is 9.74. The molecular weight excluding hydrogens is 216 g/mol. The molecule has 1 aromatic carbocycles. The maximum atomic E-state index is 11.5. The molecule has 4 heteroatoms. The summed E-state index contributed by atoms with van der Waals surface area (Å²) in [6.45, 7) is 1.32. The van der Waals surface area contributed by atoms with E-state index < -0.39 is 11.4 Å². The lowest BCUT2D eigenvalue weighted by Gasteiger charge is -2.34. The number of carboxylic acid groups (broad SMARTS) is 1. The zero-order chi connectivity index (χ0) is 12.3. The fraction of sp³-hybridized carbons (Fsp3) is 0.385. The van der Waals surface area contributed by atoms with Crippen LogP contribution in [0.3, 0.4) is 0 Å². The molecule has 1 aliphatic heterocycles. The molecule has 1 atom stereocenters. The number of nitrogens with zero attached hydrogens (tertiary/aromatic N) is 1. The Kier molecular flexibility index (Phi) is 3.12. The number of rotatable bonds is 2. The van der Waals surface area contributed by atoms with Crippen LogP contribution in [0, 0.1) is 11.3 Å². The second-order valence-corrected chi connectivity index (χ2v) is 4.36. The maximum Gasteiger partial charge on any atom is 0.315 e. The highest BCUT2D eigenvalue weighted by Gasteiger charge is 2.41. The molecule has 1 aromatic rings. The summed E-state index contributed by atoms with van der Waals surface area (Å²) in [6.07, 6.45) is 1.49. The van der Waals surface area contributed by atoms with E-state index in [1.54, 1.807) is 24.3 Å². The molecule has 1 heterocycles. The van der Waals surface area contributed by atoms with E-state index in [1.807, 2.05) is 6.07 Å². The standard InChI is InChI=1S/C13H14N2O2/c14-8-10-2-4-11(5-3-10)13(12(16)17)6-1-7-15-9-13/h2-5,15H,1,6-7,9H2,(H,16,17). The topological polar surface area (TPSA) is 73.1 Å². The highest BCUT2D eigenvalue weighted by molar-refractivity contribution is 5.82. The van der Waals surface area contributed by atoms with Crippen LogP contribution < -0.4 is 5.32 Å². The monoisotopic (exact) mass is 230 g/mol. The summed E-state index contributed by atoms with van der Waals surface area (Å²) in [5, 5.41) is 21.3. The van der Waals surface area contributed by atoms with E-state index in [4.69, 9.17) is 5.26 Å². The molecule has 17 heavy (non-hydrogen) atoms. The van der Waals surface area contributed by atoms with Gasteiger partial charge < -0.3 is 10.4 Å². The molecule has 0 saturated carbocycles. The molecule has 1 saturated heterocycles. The van der Waals surface area contributed by atoms with E-state index in [9.17, 15) is 9.90 Å². The Morgan fingerprint density at radius 1 is 1.41 bits per heavy atom. The molecule has 0 bridgehead atoms. The van der Waals surface area contributed by atoms with Gasteiger partial charge in [0.25, 0.3) is 0 Å². The van der Waals surface area contributed by atoms with Crippen molar-refractivity contribution < 1.29 is 9.90 Å². The summed E-state index contributed by atoms with van der Waals surface area (Å²) in [4.78, 5) is 11.5. The van der Waals surface area contributed by atoms with Crippen LogP contribution >= 0.6 is 0 Å². The smallest absolute Gasteiger partial charge is 0.315 e. The fourth-order valence-electron chi connectivity index (χ4n) is 2.32. The first-order valence-corrected chi connectivity index (χ1v) is 5.64. The highest BCUT2D eigenvalue weighted by atomic mass is 16.4. The predicted molar refractivity (Wildman–Crippen MR) is 62.6 cm³/mol. The summed E-state index contributed by atoms with van der Waals surface area (Å²) >= 11 is 0. The molecule has 0 radical (unpaired) electrons. The quantitative estimate of drug-likeness (QED) is 0.802. The summed E-state index contributed by atoms with van der Waals surface area (Å²) in [6, 6.07) is 8.89. The lowest BCUT2D eigenvalue weighted by molar-refractivity contribution is -0.144. The number of benzene rings is 1. The third-order valence-electron chi connectivity index (χ3n) is 3.36. The summed E-state index contributed by atoms with van der Waals surface area (Å²) in [5.41, 5.74) is 0.487. The van der Waals surface area contributed by atoms with E-state index in [-0.39, 0.29) is 0 Å². The Morgan fingerprint density at radius 3 is 2.59 bits per heavy atom. The first-order chi connectivity index (χ1) is 8.19. The Labute approximate surface area is 99.9 Å². The molecule has 2 N–H and O–H groups in total. The first kappa shape index (κ1) is 11.6. The van der Waals surface area contributed by atoms with Crippen LogP contribution in [0.2, 0.25) is 0 Å². The zero-order valence-electron chi connectivity index (χ0n) is 9.44. The van der Waals surface area contributed by atoms with Crippen LogP contribution in [0.4, 0.5) is 0 Å². The number of nitrogens with one attached hydrogen (secondary N) is 1. The third kappa shape index (κ3) is 2.02. The fourth-order valence-corrected chi connectivity index (χ4v) is 2.32. The van der Waals surface area contributed by atoms with Gasteiger partial charge in [0.2, 0.25) is 0 Å². The van der Waals surface area contributed by atoms with Crippen molar-refractivity contribution in [2.75, 3.05) is 13.1 Å². The number of hydrogen-bond acceptors (Lipinski definition) is 3. The van der Waals surface area contributed by atoms with Crippen LogP contribution in [0.5, 0.6) is 0 Å². The van der Waals surface area contributed by atoms with Gasteiger partial charge >= 0.3 is 5.97 Å². The largest absolute Gasteiger partial charge is 0.481 e. The van der Waals surface area contributed by atoms with E-state index in [2.05, 4.69) is 5.32 Å². The number of nitriles is 1. The van der Waals surface area contributed by atoms with Crippen LogP contribution in [0.15, 0.2) is 24.3 Å². The van der Waals surface area contributed by atoms with Gasteiger partial charge in [-0.25, -0.2) is 0 Å². The third-order valence-corrected chi connectivity index (χ3v) is 3.36. The van der Waals surface area contributed by atoms with Crippen LogP contribution in [-0.2, 0) is 10.2 Å². The van der Waals surface area contributed by atoms with Gasteiger partial charge in [-0.2, -0.15) is 5.26 Å². The molecule has 0 aliphatic carbocycles. The van der Waals surface area contributed by atoms with Gasteiger partial charge in [-0.15, -0.1) is 0 Å². The Morgan fingerprint density at radius 2 is 2.12 bits per heavy atom. The molecule has 0 spiro atoms. The number of piperidine rings is 1. The van der Waals surface area contributed by atoms with E-state index >= 15 is 0 Å².